The van der Waals surface area contributed by atoms with E-state index in [1.807, 2.05) is 0 Å². The number of hydrogen-bond donors (Lipinski definition) is 0. The van der Waals surface area contributed by atoms with Gasteiger partial charge in [0.15, 0.2) is 10.4 Å². The van der Waals surface area contributed by atoms with E-state index in [2.05, 4.69) is 20.3 Å². The molecule has 14 heavy (non-hydrogen) atoms. The van der Waals surface area contributed by atoms with Gasteiger partial charge in [-0.15, -0.1) is 0 Å². The third-order valence-corrected chi connectivity index (χ3v) is 1.80. The van der Waals surface area contributed by atoms with Crippen LogP contribution < -0.4 is 0 Å². The van der Waals surface area contributed by atoms with Gasteiger partial charge in [-0.2, -0.15) is 8.78 Å². The van der Waals surface area contributed by atoms with E-state index in [0.29, 0.717) is 0 Å². The number of hydrogen-bond acceptors (Lipinski definition) is 2. The molecule has 0 aliphatic rings. The first-order valence-corrected chi connectivity index (χ1v) is 4.11. The third-order valence-electron chi connectivity index (χ3n) is 1.37. The molecule has 0 atom stereocenters. The van der Waals surface area contributed by atoms with E-state index in [9.17, 15) is 22.4 Å². The van der Waals surface area contributed by atoms with Crippen LogP contribution in [0.1, 0.15) is 10.6 Å². The zero-order valence-corrected chi connectivity index (χ0v) is 8.02. The van der Waals surface area contributed by atoms with Gasteiger partial charge in [-0.1, -0.05) is 0 Å². The smallest absolute Gasteiger partial charge is 0.372 e. The topological polar surface area (TPSA) is 30.2 Å². The molecule has 0 unspecified atom stereocenters. The number of alkyl halides is 4. The van der Waals surface area contributed by atoms with Crippen molar-refractivity contribution >= 4 is 21.7 Å². The summed E-state index contributed by atoms with van der Waals surface area (Å²) in [5.41, 5.74) is 0. The van der Waals surface area contributed by atoms with E-state index >= 15 is 0 Å². The Morgan fingerprint density at radius 3 is 2.36 bits per heavy atom. The molecule has 0 spiro atoms. The number of ketones is 1. The molecule has 0 amide bonds. The van der Waals surface area contributed by atoms with Gasteiger partial charge in [-0.25, -0.2) is 8.78 Å². The van der Waals surface area contributed by atoms with Crippen LogP contribution in [0.2, 0.25) is 0 Å². The van der Waals surface area contributed by atoms with Crippen molar-refractivity contribution in [2.24, 2.45) is 0 Å². The van der Waals surface area contributed by atoms with Crippen molar-refractivity contribution < 1.29 is 26.8 Å². The van der Waals surface area contributed by atoms with Crippen LogP contribution in [0.3, 0.4) is 0 Å². The maximum absolute atomic E-state index is 12.5. The van der Waals surface area contributed by atoms with Gasteiger partial charge in [0.25, 0.3) is 5.78 Å². The predicted octanol–water partition coefficient (Wildman–Crippen LogP) is 3.13. The van der Waals surface area contributed by atoms with E-state index < -0.39 is 23.9 Å². The molecular weight excluding hydrogens is 272 g/mol. The lowest BCUT2D eigenvalue weighted by atomic mass is 10.2. The third kappa shape index (κ3) is 1.97. The highest BCUT2D eigenvalue weighted by Crippen LogP contribution is 2.28. The van der Waals surface area contributed by atoms with Gasteiger partial charge in [0.2, 0.25) is 0 Å². The highest BCUT2D eigenvalue weighted by Gasteiger charge is 2.50. The standard InChI is InChI=1S/C7H3BrF4O2/c8-4-2-1-3(14-4)5(13)7(11,12)6(9)10/h1-2,6H. The summed E-state index contributed by atoms with van der Waals surface area (Å²) in [5, 5.41) is 0. The summed E-state index contributed by atoms with van der Waals surface area (Å²) in [5.74, 6) is -7.54. The van der Waals surface area contributed by atoms with E-state index in [1.54, 1.807) is 0 Å². The van der Waals surface area contributed by atoms with Crippen LogP contribution in [-0.4, -0.2) is 18.1 Å². The van der Waals surface area contributed by atoms with Crippen LogP contribution in [-0.2, 0) is 0 Å². The monoisotopic (exact) mass is 274 g/mol. The van der Waals surface area contributed by atoms with E-state index in [-0.39, 0.29) is 4.67 Å². The summed E-state index contributed by atoms with van der Waals surface area (Å²) in [6.45, 7) is 0. The van der Waals surface area contributed by atoms with Crippen LogP contribution in [0.5, 0.6) is 0 Å². The zero-order chi connectivity index (χ0) is 10.9. The minimum atomic E-state index is -4.71. The Kier molecular flexibility index (Phi) is 2.98. The summed E-state index contributed by atoms with van der Waals surface area (Å²) in [6.07, 6.45) is -4.04. The van der Waals surface area contributed by atoms with Crippen LogP contribution >= 0.6 is 15.9 Å². The molecule has 7 heteroatoms. The molecule has 1 aromatic rings. The molecule has 0 aliphatic heterocycles. The van der Waals surface area contributed by atoms with Gasteiger partial charge < -0.3 is 4.42 Å². The van der Waals surface area contributed by atoms with Gasteiger partial charge in [0.1, 0.15) is 0 Å². The first kappa shape index (κ1) is 11.2. The summed E-state index contributed by atoms with van der Waals surface area (Å²) < 4.78 is 52.8. The van der Waals surface area contributed by atoms with E-state index in [0.717, 1.165) is 12.1 Å². The average Bonchev–Trinajstić information content (AvgIpc) is 2.50. The molecule has 0 N–H and O–H groups in total. The number of rotatable bonds is 3. The predicted molar refractivity (Wildman–Crippen MR) is 41.7 cm³/mol. The summed E-state index contributed by atoms with van der Waals surface area (Å²) in [7, 11) is 0. The Labute approximate surface area is 84.0 Å². The molecule has 2 nitrogen and oxygen atoms in total. The van der Waals surface area contributed by atoms with Crippen molar-refractivity contribution in [3.63, 3.8) is 0 Å². The Morgan fingerprint density at radius 2 is 2.00 bits per heavy atom. The largest absolute Gasteiger partial charge is 0.446 e. The minimum absolute atomic E-state index is 0.0194. The van der Waals surface area contributed by atoms with Crippen molar-refractivity contribution in [3.8, 4) is 0 Å². The van der Waals surface area contributed by atoms with Gasteiger partial charge >= 0.3 is 12.3 Å². The fourth-order valence-corrected chi connectivity index (χ4v) is 1.01. The van der Waals surface area contributed by atoms with Crippen molar-refractivity contribution in [1.82, 2.24) is 0 Å². The van der Waals surface area contributed by atoms with Crippen molar-refractivity contribution in [2.75, 3.05) is 0 Å². The Bertz CT molecular complexity index is 347. The second-order valence-electron chi connectivity index (χ2n) is 2.36. The fraction of sp³-hybridized carbons (Fsp3) is 0.286. The van der Waals surface area contributed by atoms with Gasteiger partial charge in [0, 0.05) is 0 Å². The molecular formula is C7H3BrF4O2. The molecule has 0 aromatic carbocycles. The first-order chi connectivity index (χ1) is 6.35. The summed E-state index contributed by atoms with van der Waals surface area (Å²) >= 11 is 2.75. The lowest BCUT2D eigenvalue weighted by molar-refractivity contribution is -0.0969. The number of halogens is 5. The second-order valence-corrected chi connectivity index (χ2v) is 3.14. The maximum atomic E-state index is 12.5. The molecule has 1 aromatic heterocycles. The minimum Gasteiger partial charge on any atom is -0.446 e. The molecule has 1 rings (SSSR count). The van der Waals surface area contributed by atoms with Gasteiger partial charge in [0.05, 0.1) is 0 Å². The van der Waals surface area contributed by atoms with Crippen molar-refractivity contribution in [2.45, 2.75) is 12.3 Å². The molecule has 1 heterocycles. The maximum Gasteiger partial charge on any atom is 0.372 e. The molecule has 0 saturated heterocycles. The quantitative estimate of drug-likeness (QED) is 0.626. The van der Waals surface area contributed by atoms with Crippen LogP contribution in [0.25, 0.3) is 0 Å². The number of Topliss-reactive ketones (excluding diaryl/α,β-unsaturated/α-hetero) is 1. The Morgan fingerprint density at radius 1 is 1.43 bits per heavy atom. The summed E-state index contributed by atoms with van der Waals surface area (Å²) in [6, 6.07) is 2.05. The van der Waals surface area contributed by atoms with Crippen molar-refractivity contribution in [1.29, 1.82) is 0 Å². The van der Waals surface area contributed by atoms with Crippen molar-refractivity contribution in [3.05, 3.63) is 22.6 Å². The number of carbonyl (C=O) groups is 1. The first-order valence-electron chi connectivity index (χ1n) is 3.32. The van der Waals surface area contributed by atoms with Gasteiger partial charge in [-0.05, 0) is 28.1 Å². The molecule has 0 fully saturated rings. The van der Waals surface area contributed by atoms with E-state index in [4.69, 9.17) is 0 Å². The highest BCUT2D eigenvalue weighted by atomic mass is 79.9. The van der Waals surface area contributed by atoms with Crippen LogP contribution in [0.4, 0.5) is 17.6 Å². The SMILES string of the molecule is O=C(c1ccc(Br)o1)C(F)(F)C(F)F. The van der Waals surface area contributed by atoms with E-state index in [1.165, 1.54) is 0 Å². The molecule has 78 valence electrons. The Hall–Kier alpha value is -0.850. The molecule has 0 saturated carbocycles. The zero-order valence-electron chi connectivity index (χ0n) is 6.44. The number of furan rings is 1. The Balaban J connectivity index is 2.96. The van der Waals surface area contributed by atoms with Crippen LogP contribution in [0, 0.1) is 0 Å². The lowest BCUT2D eigenvalue weighted by Crippen LogP contribution is -2.36. The molecule has 0 aliphatic carbocycles. The highest BCUT2D eigenvalue weighted by molar-refractivity contribution is 9.10. The molecule has 0 radical (unpaired) electrons. The number of carbonyl (C=O) groups excluding carboxylic acids is 1. The fourth-order valence-electron chi connectivity index (χ4n) is 0.700. The molecule has 0 bridgehead atoms. The van der Waals surface area contributed by atoms with Crippen LogP contribution in [0.15, 0.2) is 21.2 Å². The normalized spacial score (nSPS) is 12.1. The van der Waals surface area contributed by atoms with Gasteiger partial charge in [-0.3, -0.25) is 4.79 Å². The average molecular weight is 275 g/mol. The summed E-state index contributed by atoms with van der Waals surface area (Å²) in [4.78, 5) is 10.8. The lowest BCUT2D eigenvalue weighted by Gasteiger charge is -2.11. The second kappa shape index (κ2) is 3.72.